The average molecular weight is 307 g/mol. The van der Waals surface area contributed by atoms with E-state index in [1.165, 1.54) is 12.3 Å². The average Bonchev–Trinajstić information content (AvgIpc) is 2.67. The smallest absolute Gasteiger partial charge is 0.410 e. The highest BCUT2D eigenvalue weighted by atomic mass is 19.1. The lowest BCUT2D eigenvalue weighted by Crippen LogP contribution is -2.56. The summed E-state index contributed by atoms with van der Waals surface area (Å²) in [6, 6.07) is 1.92. The van der Waals surface area contributed by atoms with Crippen molar-refractivity contribution in [2.24, 2.45) is 0 Å². The van der Waals surface area contributed by atoms with E-state index in [0.29, 0.717) is 13.1 Å². The van der Waals surface area contributed by atoms with E-state index in [4.69, 9.17) is 4.74 Å². The Balaban J connectivity index is 1.73. The monoisotopic (exact) mass is 307 g/mol. The van der Waals surface area contributed by atoms with E-state index in [9.17, 15) is 9.18 Å². The second-order valence-corrected chi connectivity index (χ2v) is 7.04. The van der Waals surface area contributed by atoms with Crippen LogP contribution in [0.2, 0.25) is 0 Å². The molecule has 120 valence electrons. The first-order chi connectivity index (χ1) is 10.3. The van der Waals surface area contributed by atoms with Gasteiger partial charge >= 0.3 is 6.09 Å². The first kappa shape index (κ1) is 15.1. The molecule has 5 nitrogen and oxygen atoms in total. The number of ether oxygens (including phenoxy) is 1. The number of anilines is 1. The predicted molar refractivity (Wildman–Crippen MR) is 81.3 cm³/mol. The van der Waals surface area contributed by atoms with Crippen molar-refractivity contribution in [2.45, 2.75) is 51.3 Å². The van der Waals surface area contributed by atoms with Gasteiger partial charge in [-0.15, -0.1) is 0 Å². The van der Waals surface area contributed by atoms with Crippen LogP contribution in [0.1, 0.15) is 33.6 Å². The van der Waals surface area contributed by atoms with Crippen molar-refractivity contribution in [1.82, 2.24) is 9.88 Å². The molecule has 0 aliphatic carbocycles. The van der Waals surface area contributed by atoms with Crippen LogP contribution in [-0.2, 0) is 4.74 Å². The SMILES string of the molecule is CC(C)(C)OC(=O)N1CC2CCC(C1)N2c1cncc(F)c1. The van der Waals surface area contributed by atoms with Crippen molar-refractivity contribution >= 4 is 11.8 Å². The molecule has 0 saturated carbocycles. The minimum Gasteiger partial charge on any atom is -0.444 e. The molecule has 0 spiro atoms. The maximum absolute atomic E-state index is 13.4. The molecule has 3 heterocycles. The summed E-state index contributed by atoms with van der Waals surface area (Å²) >= 11 is 0. The Hall–Kier alpha value is -1.85. The Kier molecular flexibility index (Phi) is 3.70. The van der Waals surface area contributed by atoms with Gasteiger partial charge in [-0.3, -0.25) is 4.98 Å². The Morgan fingerprint density at radius 1 is 1.27 bits per heavy atom. The van der Waals surface area contributed by atoms with E-state index in [2.05, 4.69) is 9.88 Å². The number of hydrogen-bond donors (Lipinski definition) is 0. The van der Waals surface area contributed by atoms with Gasteiger partial charge in [0, 0.05) is 31.2 Å². The van der Waals surface area contributed by atoms with Crippen molar-refractivity contribution in [3.63, 3.8) is 0 Å². The summed E-state index contributed by atoms with van der Waals surface area (Å²) < 4.78 is 18.9. The zero-order valence-electron chi connectivity index (χ0n) is 13.3. The van der Waals surface area contributed by atoms with Gasteiger partial charge in [-0.1, -0.05) is 0 Å². The molecule has 1 aromatic rings. The third-order valence-electron chi connectivity index (χ3n) is 4.12. The molecule has 2 atom stereocenters. The molecule has 0 radical (unpaired) electrons. The molecular weight excluding hydrogens is 285 g/mol. The van der Waals surface area contributed by atoms with Crippen LogP contribution in [0.4, 0.5) is 14.9 Å². The standard InChI is InChI=1S/C16H22FN3O2/c1-16(2,3)22-15(21)19-9-12-4-5-13(10-19)20(12)14-6-11(17)7-18-8-14/h6-8,12-13H,4-5,9-10H2,1-3H3. The third kappa shape index (κ3) is 3.00. The fourth-order valence-corrected chi connectivity index (χ4v) is 3.34. The molecule has 1 amide bonds. The van der Waals surface area contributed by atoms with Gasteiger partial charge in [0.1, 0.15) is 11.4 Å². The topological polar surface area (TPSA) is 45.7 Å². The second kappa shape index (κ2) is 5.41. The number of halogens is 1. The highest BCUT2D eigenvalue weighted by molar-refractivity contribution is 5.69. The minimum absolute atomic E-state index is 0.204. The number of piperazine rings is 1. The maximum atomic E-state index is 13.4. The van der Waals surface area contributed by atoms with Crippen LogP contribution in [0.25, 0.3) is 0 Å². The quantitative estimate of drug-likeness (QED) is 0.800. The second-order valence-electron chi connectivity index (χ2n) is 7.04. The Bertz CT molecular complexity index is 559. The van der Waals surface area contributed by atoms with Crippen LogP contribution in [-0.4, -0.2) is 46.8 Å². The zero-order chi connectivity index (χ0) is 15.9. The first-order valence-electron chi connectivity index (χ1n) is 7.70. The third-order valence-corrected chi connectivity index (χ3v) is 4.12. The fraction of sp³-hybridized carbons (Fsp3) is 0.625. The summed E-state index contributed by atoms with van der Waals surface area (Å²) in [7, 11) is 0. The Morgan fingerprint density at radius 2 is 1.91 bits per heavy atom. The van der Waals surface area contributed by atoms with Gasteiger partial charge in [-0.05, 0) is 33.6 Å². The molecule has 2 saturated heterocycles. The van der Waals surface area contributed by atoms with Gasteiger partial charge in [0.05, 0.1) is 18.1 Å². The highest BCUT2D eigenvalue weighted by Crippen LogP contribution is 2.35. The van der Waals surface area contributed by atoms with Gasteiger partial charge < -0.3 is 14.5 Å². The number of rotatable bonds is 1. The van der Waals surface area contributed by atoms with Gasteiger partial charge in [-0.25, -0.2) is 9.18 Å². The van der Waals surface area contributed by atoms with Gasteiger partial charge in [0.25, 0.3) is 0 Å². The molecule has 6 heteroatoms. The fourth-order valence-electron chi connectivity index (χ4n) is 3.34. The first-order valence-corrected chi connectivity index (χ1v) is 7.70. The van der Waals surface area contributed by atoms with Crippen LogP contribution >= 0.6 is 0 Å². The van der Waals surface area contributed by atoms with Gasteiger partial charge in [0.2, 0.25) is 0 Å². The van der Waals surface area contributed by atoms with Crippen LogP contribution in [0, 0.1) is 5.82 Å². The molecule has 22 heavy (non-hydrogen) atoms. The number of amides is 1. The van der Waals surface area contributed by atoms with E-state index < -0.39 is 5.60 Å². The van der Waals surface area contributed by atoms with E-state index in [0.717, 1.165) is 18.5 Å². The summed E-state index contributed by atoms with van der Waals surface area (Å²) in [5.74, 6) is -0.327. The van der Waals surface area contributed by atoms with Crippen molar-refractivity contribution in [3.8, 4) is 0 Å². The van der Waals surface area contributed by atoms with Gasteiger partial charge in [-0.2, -0.15) is 0 Å². The number of carbonyl (C=O) groups excluding carboxylic acids is 1. The number of aromatic nitrogens is 1. The van der Waals surface area contributed by atoms with E-state index in [1.54, 1.807) is 11.1 Å². The van der Waals surface area contributed by atoms with E-state index in [1.807, 2.05) is 20.8 Å². The van der Waals surface area contributed by atoms with Crippen LogP contribution in [0.15, 0.2) is 18.5 Å². The number of carbonyl (C=O) groups is 1. The van der Waals surface area contributed by atoms with Crippen molar-refractivity contribution in [1.29, 1.82) is 0 Å². The molecule has 2 aliphatic heterocycles. The van der Waals surface area contributed by atoms with Crippen LogP contribution in [0.3, 0.4) is 0 Å². The molecule has 2 aliphatic rings. The number of pyridine rings is 1. The number of fused-ring (bicyclic) bond motifs is 2. The summed E-state index contributed by atoms with van der Waals surface area (Å²) in [5, 5.41) is 0. The molecule has 1 aromatic heterocycles. The molecule has 0 N–H and O–H groups in total. The lowest BCUT2D eigenvalue weighted by molar-refractivity contribution is 0.0209. The number of likely N-dealkylation sites (tertiary alicyclic amines) is 1. The minimum atomic E-state index is -0.486. The summed E-state index contributed by atoms with van der Waals surface area (Å²) in [4.78, 5) is 20.2. The number of nitrogens with zero attached hydrogens (tertiary/aromatic N) is 3. The van der Waals surface area contributed by atoms with Gasteiger partial charge in [0.15, 0.2) is 0 Å². The van der Waals surface area contributed by atoms with Crippen molar-refractivity contribution in [3.05, 3.63) is 24.3 Å². The molecule has 3 rings (SSSR count). The van der Waals surface area contributed by atoms with E-state index in [-0.39, 0.29) is 24.0 Å². The lowest BCUT2D eigenvalue weighted by Gasteiger charge is -2.42. The van der Waals surface area contributed by atoms with Crippen LogP contribution in [0.5, 0.6) is 0 Å². The largest absolute Gasteiger partial charge is 0.444 e. The normalized spacial score (nSPS) is 24.5. The summed E-state index contributed by atoms with van der Waals surface area (Å²) in [6.07, 6.45) is 4.64. The Morgan fingerprint density at radius 3 is 2.45 bits per heavy atom. The molecule has 2 fully saturated rings. The molecule has 0 aromatic carbocycles. The molecular formula is C16H22FN3O2. The molecule has 2 bridgehead atoms. The number of hydrogen-bond acceptors (Lipinski definition) is 4. The summed E-state index contributed by atoms with van der Waals surface area (Å²) in [6.45, 7) is 6.83. The predicted octanol–water partition coefficient (Wildman–Crippen LogP) is 2.81. The highest BCUT2D eigenvalue weighted by Gasteiger charge is 2.42. The lowest BCUT2D eigenvalue weighted by atomic mass is 10.1. The molecule has 2 unspecified atom stereocenters. The van der Waals surface area contributed by atoms with Crippen LogP contribution < -0.4 is 4.90 Å². The Labute approximate surface area is 130 Å². The zero-order valence-corrected chi connectivity index (χ0v) is 13.3. The maximum Gasteiger partial charge on any atom is 0.410 e. The summed E-state index contributed by atoms with van der Waals surface area (Å²) in [5.41, 5.74) is 0.316. The van der Waals surface area contributed by atoms with E-state index >= 15 is 0 Å². The van der Waals surface area contributed by atoms with Crippen molar-refractivity contribution in [2.75, 3.05) is 18.0 Å². The van der Waals surface area contributed by atoms with Crippen molar-refractivity contribution < 1.29 is 13.9 Å².